The number of nitrogens with two attached hydrogens (primary N) is 1. The minimum atomic E-state index is -4.44. The lowest BCUT2D eigenvalue weighted by molar-refractivity contribution is -0.137. The number of alkyl halides is 3. The average molecular weight is 325 g/mol. The summed E-state index contributed by atoms with van der Waals surface area (Å²) in [6.45, 7) is 2.29. The number of nitrogens with zero attached hydrogens (tertiary/aromatic N) is 3. The molecule has 1 fully saturated rings. The third-order valence-corrected chi connectivity index (χ3v) is 3.58. The van der Waals surface area contributed by atoms with Crippen LogP contribution < -0.4 is 10.6 Å². The van der Waals surface area contributed by atoms with Crippen LogP contribution in [0.4, 0.5) is 19.0 Å². The summed E-state index contributed by atoms with van der Waals surface area (Å²) in [6.07, 6.45) is -3.65. The second-order valence-electron chi connectivity index (χ2n) is 4.34. The predicted octanol–water partition coefficient (Wildman–Crippen LogP) is 2.12. The summed E-state index contributed by atoms with van der Waals surface area (Å²) in [5.41, 5.74) is 4.67. The van der Waals surface area contributed by atoms with E-state index in [4.69, 9.17) is 29.6 Å². The molecule has 0 bridgehead atoms. The number of hydrogen-bond acceptors (Lipinski definition) is 3. The molecule has 0 radical (unpaired) electrons. The van der Waals surface area contributed by atoms with Gasteiger partial charge in [0.25, 0.3) is 0 Å². The SMILES string of the molecule is NC(=S)N1CCN(c2ncc(C(F)(F)F)cc2Cl)CC1. The van der Waals surface area contributed by atoms with E-state index in [1.807, 2.05) is 9.80 Å². The predicted molar refractivity (Wildman–Crippen MR) is 74.8 cm³/mol. The molecule has 1 saturated heterocycles. The van der Waals surface area contributed by atoms with Crippen LogP contribution >= 0.6 is 23.8 Å². The summed E-state index contributed by atoms with van der Waals surface area (Å²) in [6, 6.07) is 0.893. The van der Waals surface area contributed by atoms with Gasteiger partial charge in [0.2, 0.25) is 0 Å². The molecule has 0 spiro atoms. The van der Waals surface area contributed by atoms with Gasteiger partial charge >= 0.3 is 6.18 Å². The fourth-order valence-electron chi connectivity index (χ4n) is 1.96. The van der Waals surface area contributed by atoms with E-state index in [2.05, 4.69) is 4.98 Å². The Labute approximate surface area is 124 Å². The zero-order chi connectivity index (χ0) is 14.9. The van der Waals surface area contributed by atoms with Crippen molar-refractivity contribution in [1.82, 2.24) is 9.88 Å². The topological polar surface area (TPSA) is 45.4 Å². The third kappa shape index (κ3) is 3.24. The highest BCUT2D eigenvalue weighted by Crippen LogP contribution is 2.33. The number of pyridine rings is 1. The molecule has 2 N–H and O–H groups in total. The number of piperazine rings is 1. The molecule has 0 amide bonds. The van der Waals surface area contributed by atoms with Crippen molar-refractivity contribution in [2.24, 2.45) is 5.73 Å². The van der Waals surface area contributed by atoms with Crippen LogP contribution in [-0.4, -0.2) is 41.2 Å². The Morgan fingerprint density at radius 1 is 1.30 bits per heavy atom. The summed E-state index contributed by atoms with van der Waals surface area (Å²) >= 11 is 10.8. The molecule has 9 heteroatoms. The quantitative estimate of drug-likeness (QED) is 0.802. The first-order valence-electron chi connectivity index (χ1n) is 5.81. The Morgan fingerprint density at radius 3 is 2.35 bits per heavy atom. The summed E-state index contributed by atoms with van der Waals surface area (Å²) in [5.74, 6) is 0.349. The van der Waals surface area contributed by atoms with Crippen LogP contribution in [0.25, 0.3) is 0 Å². The molecule has 1 aromatic rings. The molecule has 0 aromatic carbocycles. The molecule has 0 atom stereocenters. The first kappa shape index (κ1) is 15.1. The van der Waals surface area contributed by atoms with Gasteiger partial charge in [0.15, 0.2) is 5.11 Å². The molecule has 2 rings (SSSR count). The van der Waals surface area contributed by atoms with Crippen molar-refractivity contribution < 1.29 is 13.2 Å². The summed E-state index contributed by atoms with van der Waals surface area (Å²) < 4.78 is 37.6. The Balaban J connectivity index is 2.13. The molecule has 4 nitrogen and oxygen atoms in total. The van der Waals surface area contributed by atoms with Crippen LogP contribution in [0.3, 0.4) is 0 Å². The van der Waals surface area contributed by atoms with Crippen LogP contribution in [0, 0.1) is 0 Å². The minimum Gasteiger partial charge on any atom is -0.376 e. The lowest BCUT2D eigenvalue weighted by Crippen LogP contribution is -2.50. The first-order valence-corrected chi connectivity index (χ1v) is 6.59. The van der Waals surface area contributed by atoms with Crippen molar-refractivity contribution in [3.05, 3.63) is 22.8 Å². The van der Waals surface area contributed by atoms with E-state index >= 15 is 0 Å². The van der Waals surface area contributed by atoms with E-state index in [0.29, 0.717) is 37.1 Å². The molecule has 0 aliphatic carbocycles. The van der Waals surface area contributed by atoms with Crippen molar-refractivity contribution in [3.63, 3.8) is 0 Å². The Kier molecular flexibility index (Phi) is 4.24. The van der Waals surface area contributed by atoms with Gasteiger partial charge in [0.1, 0.15) is 5.82 Å². The lowest BCUT2D eigenvalue weighted by atomic mass is 10.2. The second-order valence-corrected chi connectivity index (χ2v) is 5.16. The van der Waals surface area contributed by atoms with Gasteiger partial charge in [0.05, 0.1) is 10.6 Å². The fraction of sp³-hybridized carbons (Fsp3) is 0.455. The van der Waals surface area contributed by atoms with Gasteiger partial charge in [-0.05, 0) is 18.3 Å². The standard InChI is InChI=1S/C11H12ClF3N4S/c12-8-5-7(11(13,14)15)6-17-9(8)18-1-3-19(4-2-18)10(16)20/h5-6H,1-4H2,(H2,16,20). The van der Waals surface area contributed by atoms with Crippen LogP contribution in [0.15, 0.2) is 12.3 Å². The minimum absolute atomic E-state index is 0.0106. The molecule has 0 unspecified atom stereocenters. The van der Waals surface area contributed by atoms with Gasteiger partial charge in [-0.1, -0.05) is 11.6 Å². The van der Waals surface area contributed by atoms with Crippen LogP contribution in [-0.2, 0) is 6.18 Å². The Morgan fingerprint density at radius 2 is 1.90 bits per heavy atom. The van der Waals surface area contributed by atoms with Gasteiger partial charge in [-0.3, -0.25) is 0 Å². The number of rotatable bonds is 1. The highest BCUT2D eigenvalue weighted by Gasteiger charge is 2.32. The fourth-order valence-corrected chi connectivity index (χ4v) is 2.43. The van der Waals surface area contributed by atoms with E-state index in [9.17, 15) is 13.2 Å². The summed E-state index contributed by atoms with van der Waals surface area (Å²) in [5, 5.41) is 0.305. The monoisotopic (exact) mass is 324 g/mol. The maximum atomic E-state index is 12.5. The highest BCUT2D eigenvalue weighted by molar-refractivity contribution is 7.80. The summed E-state index contributed by atoms with van der Waals surface area (Å²) in [4.78, 5) is 7.47. The van der Waals surface area contributed by atoms with Gasteiger partial charge in [0, 0.05) is 32.4 Å². The molecule has 1 aliphatic heterocycles. The van der Waals surface area contributed by atoms with Gasteiger partial charge in [-0.2, -0.15) is 13.2 Å². The van der Waals surface area contributed by atoms with Crippen molar-refractivity contribution in [2.45, 2.75) is 6.18 Å². The number of aromatic nitrogens is 1. The molecule has 1 aromatic heterocycles. The normalized spacial score (nSPS) is 16.4. The zero-order valence-electron chi connectivity index (χ0n) is 10.3. The number of anilines is 1. The molecular weight excluding hydrogens is 313 g/mol. The Bertz CT molecular complexity index is 515. The lowest BCUT2D eigenvalue weighted by Gasteiger charge is -2.36. The van der Waals surface area contributed by atoms with Gasteiger partial charge in [-0.15, -0.1) is 0 Å². The van der Waals surface area contributed by atoms with Crippen molar-refractivity contribution in [2.75, 3.05) is 31.1 Å². The van der Waals surface area contributed by atoms with Crippen LogP contribution in [0.5, 0.6) is 0 Å². The molecule has 110 valence electrons. The van der Waals surface area contributed by atoms with Crippen molar-refractivity contribution >= 4 is 34.7 Å². The first-order chi connectivity index (χ1) is 9.29. The molecule has 2 heterocycles. The average Bonchev–Trinajstić information content (AvgIpc) is 2.37. The van der Waals surface area contributed by atoms with Gasteiger partial charge < -0.3 is 15.5 Å². The van der Waals surface area contributed by atoms with E-state index < -0.39 is 11.7 Å². The summed E-state index contributed by atoms with van der Waals surface area (Å²) in [7, 11) is 0. The van der Waals surface area contributed by atoms with E-state index in [0.717, 1.165) is 12.3 Å². The van der Waals surface area contributed by atoms with Crippen LogP contribution in [0.1, 0.15) is 5.56 Å². The van der Waals surface area contributed by atoms with E-state index in [1.165, 1.54) is 0 Å². The second kappa shape index (κ2) is 5.61. The number of thiocarbonyl (C=S) groups is 1. The van der Waals surface area contributed by atoms with Crippen molar-refractivity contribution in [1.29, 1.82) is 0 Å². The molecule has 1 aliphatic rings. The number of halogens is 4. The smallest absolute Gasteiger partial charge is 0.376 e. The van der Waals surface area contributed by atoms with E-state index in [1.54, 1.807) is 0 Å². The molecular formula is C11H12ClF3N4S. The van der Waals surface area contributed by atoms with Crippen LogP contribution in [0.2, 0.25) is 5.02 Å². The Hall–Kier alpha value is -1.28. The maximum absolute atomic E-state index is 12.5. The maximum Gasteiger partial charge on any atom is 0.417 e. The van der Waals surface area contributed by atoms with Crippen molar-refractivity contribution in [3.8, 4) is 0 Å². The van der Waals surface area contributed by atoms with E-state index in [-0.39, 0.29) is 5.02 Å². The number of hydrogen-bond donors (Lipinski definition) is 1. The van der Waals surface area contributed by atoms with Gasteiger partial charge in [-0.25, -0.2) is 4.98 Å². The largest absolute Gasteiger partial charge is 0.417 e. The molecule has 20 heavy (non-hydrogen) atoms. The third-order valence-electron chi connectivity index (χ3n) is 3.04. The highest BCUT2D eigenvalue weighted by atomic mass is 35.5. The molecule has 0 saturated carbocycles. The zero-order valence-corrected chi connectivity index (χ0v) is 11.9.